The summed E-state index contributed by atoms with van der Waals surface area (Å²) in [6.07, 6.45) is 0. The second-order valence-electron chi connectivity index (χ2n) is 7.35. The molecule has 0 spiro atoms. The summed E-state index contributed by atoms with van der Waals surface area (Å²) in [4.78, 5) is 33.7. The van der Waals surface area contributed by atoms with E-state index in [1.807, 2.05) is 32.9 Å². The van der Waals surface area contributed by atoms with Gasteiger partial charge in [0.15, 0.2) is 0 Å². The van der Waals surface area contributed by atoms with Crippen LogP contribution in [-0.4, -0.2) is 21.8 Å². The van der Waals surface area contributed by atoms with Gasteiger partial charge < -0.3 is 5.32 Å². The Morgan fingerprint density at radius 2 is 1.25 bits per heavy atom. The monoisotopic (exact) mass is 374 g/mol. The van der Waals surface area contributed by atoms with E-state index in [2.05, 4.69) is 20.6 Å². The van der Waals surface area contributed by atoms with Crippen molar-refractivity contribution < 1.29 is 9.59 Å². The maximum absolute atomic E-state index is 12.5. The summed E-state index contributed by atoms with van der Waals surface area (Å²) >= 11 is 0. The highest BCUT2D eigenvalue weighted by atomic mass is 16.2. The zero-order chi connectivity index (χ0) is 20.1. The minimum absolute atomic E-state index is 0.143. The maximum atomic E-state index is 12.5. The molecular weight excluding hydrogens is 352 g/mol. The summed E-state index contributed by atoms with van der Waals surface area (Å²) < 4.78 is 0. The number of nitrogens with one attached hydrogen (secondary N) is 2. The lowest BCUT2D eigenvalue weighted by Gasteiger charge is -2.19. The molecule has 1 heterocycles. The number of carbonyl (C=O) groups excluding carboxylic acids is 2. The molecule has 0 saturated carbocycles. The topological polar surface area (TPSA) is 84.0 Å². The minimum Gasteiger partial charge on any atom is -0.306 e. The van der Waals surface area contributed by atoms with Crippen molar-refractivity contribution >= 4 is 23.6 Å². The van der Waals surface area contributed by atoms with E-state index in [0.717, 1.165) is 0 Å². The first-order chi connectivity index (χ1) is 13.3. The highest BCUT2D eigenvalue weighted by molar-refractivity contribution is 6.05. The summed E-state index contributed by atoms with van der Waals surface area (Å²) in [7, 11) is 0. The molecule has 2 amide bonds. The Morgan fingerprint density at radius 1 is 0.750 bits per heavy atom. The van der Waals surface area contributed by atoms with Gasteiger partial charge >= 0.3 is 0 Å². The molecule has 2 aromatic carbocycles. The number of hydrogen-bond donors (Lipinski definition) is 2. The van der Waals surface area contributed by atoms with Crippen molar-refractivity contribution in [2.24, 2.45) is 0 Å². The molecule has 6 heteroatoms. The molecule has 0 fully saturated rings. The second-order valence-corrected chi connectivity index (χ2v) is 7.35. The average Bonchev–Trinajstić information content (AvgIpc) is 2.68. The normalized spacial score (nSPS) is 11.0. The van der Waals surface area contributed by atoms with Crippen molar-refractivity contribution in [2.45, 2.75) is 26.2 Å². The molecule has 142 valence electrons. The summed E-state index contributed by atoms with van der Waals surface area (Å²) in [5.41, 5.74) is 1.44. The predicted molar refractivity (Wildman–Crippen MR) is 110 cm³/mol. The summed E-state index contributed by atoms with van der Waals surface area (Å²) in [6, 6.07) is 19.4. The van der Waals surface area contributed by atoms with Crippen molar-refractivity contribution in [3.63, 3.8) is 0 Å². The molecule has 0 aliphatic heterocycles. The number of rotatable bonds is 4. The molecule has 3 rings (SSSR count). The molecule has 2 N–H and O–H groups in total. The Labute approximate surface area is 164 Å². The minimum atomic E-state index is -0.313. The van der Waals surface area contributed by atoms with Crippen LogP contribution in [0.4, 0.5) is 11.8 Å². The van der Waals surface area contributed by atoms with Gasteiger partial charge in [-0.2, -0.15) is 4.98 Å². The number of nitrogens with zero attached hydrogens (tertiary/aromatic N) is 2. The van der Waals surface area contributed by atoms with Crippen LogP contribution < -0.4 is 10.6 Å². The zero-order valence-corrected chi connectivity index (χ0v) is 16.1. The third kappa shape index (κ3) is 4.79. The number of amides is 2. The van der Waals surface area contributed by atoms with Gasteiger partial charge in [0.1, 0.15) is 5.82 Å². The summed E-state index contributed by atoms with van der Waals surface area (Å²) in [5, 5.41) is 5.49. The van der Waals surface area contributed by atoms with Crippen LogP contribution in [0.2, 0.25) is 0 Å². The first-order valence-electron chi connectivity index (χ1n) is 8.95. The summed E-state index contributed by atoms with van der Waals surface area (Å²) in [5.74, 6) is -0.117. The molecule has 0 bridgehead atoms. The standard InChI is InChI=1S/C22H22N4O2/c1-22(2,3)17-14-18(24-19(27)15-10-6-4-7-11-15)25-21(23-17)26-20(28)16-12-8-5-9-13-16/h4-14H,1-3H3,(H2,23,24,25,26,27,28). The first-order valence-corrected chi connectivity index (χ1v) is 8.95. The van der Waals surface area contributed by atoms with Crippen molar-refractivity contribution in [3.8, 4) is 0 Å². The molecule has 6 nitrogen and oxygen atoms in total. The molecule has 1 aromatic heterocycles. The van der Waals surface area contributed by atoms with E-state index in [9.17, 15) is 9.59 Å². The highest BCUT2D eigenvalue weighted by Gasteiger charge is 2.20. The van der Waals surface area contributed by atoms with E-state index >= 15 is 0 Å². The van der Waals surface area contributed by atoms with Crippen LogP contribution in [0.1, 0.15) is 47.2 Å². The number of anilines is 2. The lowest BCUT2D eigenvalue weighted by Crippen LogP contribution is -2.21. The van der Waals surface area contributed by atoms with Gasteiger partial charge in [0.2, 0.25) is 5.95 Å². The fraction of sp³-hybridized carbons (Fsp3) is 0.182. The van der Waals surface area contributed by atoms with E-state index in [0.29, 0.717) is 22.6 Å². The van der Waals surface area contributed by atoms with E-state index in [-0.39, 0.29) is 23.2 Å². The third-order valence-electron chi connectivity index (χ3n) is 4.03. The van der Waals surface area contributed by atoms with Gasteiger partial charge in [0.05, 0.1) is 5.69 Å². The van der Waals surface area contributed by atoms with Gasteiger partial charge in [-0.25, -0.2) is 4.98 Å². The van der Waals surface area contributed by atoms with Crippen LogP contribution in [0.25, 0.3) is 0 Å². The summed E-state index contributed by atoms with van der Waals surface area (Å²) in [6.45, 7) is 6.00. The number of carbonyl (C=O) groups is 2. The Bertz CT molecular complexity index is 909. The van der Waals surface area contributed by atoms with Gasteiger partial charge in [0, 0.05) is 22.6 Å². The molecule has 3 aromatic rings. The van der Waals surface area contributed by atoms with Crippen LogP contribution in [-0.2, 0) is 5.41 Å². The first kappa shape index (κ1) is 19.2. The van der Waals surface area contributed by atoms with Crippen LogP contribution >= 0.6 is 0 Å². The largest absolute Gasteiger partial charge is 0.306 e. The van der Waals surface area contributed by atoms with Crippen molar-refractivity contribution in [1.29, 1.82) is 0 Å². The molecular formula is C22H22N4O2. The Hall–Kier alpha value is -3.54. The predicted octanol–water partition coefficient (Wildman–Crippen LogP) is 4.28. The van der Waals surface area contributed by atoms with Crippen molar-refractivity contribution in [1.82, 2.24) is 9.97 Å². The van der Waals surface area contributed by atoms with Gasteiger partial charge in [0.25, 0.3) is 11.8 Å². The smallest absolute Gasteiger partial charge is 0.258 e. The second kappa shape index (κ2) is 8.00. The average molecular weight is 374 g/mol. The van der Waals surface area contributed by atoms with E-state index in [1.54, 1.807) is 54.6 Å². The van der Waals surface area contributed by atoms with E-state index in [1.165, 1.54) is 0 Å². The third-order valence-corrected chi connectivity index (χ3v) is 4.03. The Morgan fingerprint density at radius 3 is 1.75 bits per heavy atom. The lowest BCUT2D eigenvalue weighted by molar-refractivity contribution is 0.101. The highest BCUT2D eigenvalue weighted by Crippen LogP contribution is 2.24. The van der Waals surface area contributed by atoms with Crippen molar-refractivity contribution in [2.75, 3.05) is 10.6 Å². The van der Waals surface area contributed by atoms with Gasteiger partial charge in [-0.05, 0) is 24.3 Å². The maximum Gasteiger partial charge on any atom is 0.258 e. The van der Waals surface area contributed by atoms with Gasteiger partial charge in [-0.3, -0.25) is 14.9 Å². The van der Waals surface area contributed by atoms with Crippen molar-refractivity contribution in [3.05, 3.63) is 83.6 Å². The molecule has 0 aliphatic carbocycles. The molecule has 28 heavy (non-hydrogen) atoms. The Balaban J connectivity index is 1.89. The molecule has 0 unspecified atom stereocenters. The molecule has 0 aliphatic rings. The van der Waals surface area contributed by atoms with Gasteiger partial charge in [-0.1, -0.05) is 57.2 Å². The SMILES string of the molecule is CC(C)(C)c1cc(NC(=O)c2ccccc2)nc(NC(=O)c2ccccc2)n1. The fourth-order valence-corrected chi connectivity index (χ4v) is 2.49. The fourth-order valence-electron chi connectivity index (χ4n) is 2.49. The van der Waals surface area contributed by atoms with Gasteiger partial charge in [-0.15, -0.1) is 0 Å². The number of aromatic nitrogens is 2. The van der Waals surface area contributed by atoms with Crippen LogP contribution in [0.3, 0.4) is 0 Å². The quantitative estimate of drug-likeness (QED) is 0.714. The number of benzene rings is 2. The lowest BCUT2D eigenvalue weighted by atomic mass is 9.92. The molecule has 0 saturated heterocycles. The van der Waals surface area contributed by atoms with Crippen LogP contribution in [0.5, 0.6) is 0 Å². The zero-order valence-electron chi connectivity index (χ0n) is 16.1. The van der Waals surface area contributed by atoms with Crippen LogP contribution in [0.15, 0.2) is 66.7 Å². The molecule has 0 atom stereocenters. The molecule has 0 radical (unpaired) electrons. The van der Waals surface area contributed by atoms with Crippen LogP contribution in [0, 0.1) is 0 Å². The van der Waals surface area contributed by atoms with E-state index < -0.39 is 0 Å². The van der Waals surface area contributed by atoms with E-state index in [4.69, 9.17) is 0 Å². The Kier molecular flexibility index (Phi) is 5.49. The number of hydrogen-bond acceptors (Lipinski definition) is 4.